The molecule has 0 aromatic heterocycles. The van der Waals surface area contributed by atoms with Crippen molar-refractivity contribution in [1.82, 2.24) is 0 Å². The Labute approximate surface area is 140 Å². The zero-order valence-electron chi connectivity index (χ0n) is 13.7. The molecular formula is C20H20N2O2. The lowest BCUT2D eigenvalue weighted by molar-refractivity contribution is 0.0982. The van der Waals surface area contributed by atoms with Gasteiger partial charge in [0.05, 0.1) is 5.56 Å². The zero-order chi connectivity index (χ0) is 16.7. The summed E-state index contributed by atoms with van der Waals surface area (Å²) < 4.78 is 0. The van der Waals surface area contributed by atoms with Crippen LogP contribution in [0.15, 0.2) is 35.3 Å². The van der Waals surface area contributed by atoms with E-state index in [4.69, 9.17) is 0 Å². The molecule has 0 aliphatic carbocycles. The smallest absolute Gasteiger partial charge is 0.262 e. The van der Waals surface area contributed by atoms with Crippen LogP contribution >= 0.6 is 0 Å². The van der Waals surface area contributed by atoms with E-state index in [1.807, 2.05) is 18.2 Å². The Balaban J connectivity index is 1.79. The van der Waals surface area contributed by atoms with Crippen molar-refractivity contribution in [1.29, 1.82) is 0 Å². The fraction of sp³-hybridized carbons (Fsp3) is 0.300. The lowest BCUT2D eigenvalue weighted by Gasteiger charge is -2.30. The van der Waals surface area contributed by atoms with Crippen LogP contribution in [0.3, 0.4) is 0 Å². The third-order valence-electron chi connectivity index (χ3n) is 4.77. The highest BCUT2D eigenvalue weighted by Crippen LogP contribution is 2.30. The van der Waals surface area contributed by atoms with Crippen molar-refractivity contribution in [2.75, 3.05) is 18.0 Å². The van der Waals surface area contributed by atoms with Gasteiger partial charge in [-0.15, -0.1) is 0 Å². The first-order valence-electron chi connectivity index (χ1n) is 8.43. The molecule has 2 aliphatic heterocycles. The Kier molecular flexibility index (Phi) is 3.60. The lowest BCUT2D eigenvalue weighted by Crippen LogP contribution is -2.37. The molecule has 0 saturated heterocycles. The van der Waals surface area contributed by atoms with E-state index in [0.717, 1.165) is 30.2 Å². The molecule has 1 N–H and O–H groups in total. The Morgan fingerprint density at radius 1 is 1.25 bits per heavy atom. The maximum atomic E-state index is 13.1. The molecule has 0 bridgehead atoms. The minimum atomic E-state index is -0.152. The SMILES string of the molecule is Cc1ccc2c(c1)CCCN2C(=O)c1ccc2c(c1O)=NCCC=2. The second-order valence-corrected chi connectivity index (χ2v) is 6.47. The Morgan fingerprint density at radius 2 is 2.12 bits per heavy atom. The average Bonchev–Trinajstić information content (AvgIpc) is 2.61. The first-order chi connectivity index (χ1) is 11.6. The number of aryl methyl sites for hydroxylation is 2. The fourth-order valence-electron chi connectivity index (χ4n) is 3.58. The van der Waals surface area contributed by atoms with E-state index in [-0.39, 0.29) is 11.7 Å². The van der Waals surface area contributed by atoms with E-state index in [2.05, 4.69) is 24.1 Å². The van der Waals surface area contributed by atoms with Crippen molar-refractivity contribution in [3.8, 4) is 5.75 Å². The summed E-state index contributed by atoms with van der Waals surface area (Å²) >= 11 is 0. The molecule has 2 aromatic carbocycles. The predicted molar refractivity (Wildman–Crippen MR) is 94.0 cm³/mol. The molecule has 4 heteroatoms. The maximum absolute atomic E-state index is 13.1. The van der Waals surface area contributed by atoms with Gasteiger partial charge in [-0.3, -0.25) is 9.79 Å². The maximum Gasteiger partial charge on any atom is 0.262 e. The number of phenols is 1. The molecule has 0 atom stereocenters. The van der Waals surface area contributed by atoms with Crippen molar-refractivity contribution in [2.45, 2.75) is 26.2 Å². The van der Waals surface area contributed by atoms with Gasteiger partial charge in [0.15, 0.2) is 5.75 Å². The highest BCUT2D eigenvalue weighted by atomic mass is 16.3. The van der Waals surface area contributed by atoms with E-state index < -0.39 is 0 Å². The molecule has 0 unspecified atom stereocenters. The number of carbonyl (C=O) groups excluding carboxylic acids is 1. The van der Waals surface area contributed by atoms with Crippen LogP contribution in [-0.2, 0) is 6.42 Å². The number of rotatable bonds is 1. The molecule has 2 aromatic rings. The second kappa shape index (κ2) is 5.78. The summed E-state index contributed by atoms with van der Waals surface area (Å²) in [5, 5.41) is 12.0. The van der Waals surface area contributed by atoms with Crippen LogP contribution in [0.1, 0.15) is 34.3 Å². The molecular weight excluding hydrogens is 300 g/mol. The number of amides is 1. The summed E-state index contributed by atoms with van der Waals surface area (Å²) in [5.41, 5.74) is 3.69. The number of anilines is 1. The summed E-state index contributed by atoms with van der Waals surface area (Å²) in [5.74, 6) is -0.145. The lowest BCUT2D eigenvalue weighted by atomic mass is 9.98. The summed E-state index contributed by atoms with van der Waals surface area (Å²) in [4.78, 5) is 19.2. The van der Waals surface area contributed by atoms with Gasteiger partial charge < -0.3 is 10.0 Å². The number of hydrogen-bond donors (Lipinski definition) is 1. The van der Waals surface area contributed by atoms with Crippen molar-refractivity contribution in [3.05, 3.63) is 57.6 Å². The number of carbonyl (C=O) groups is 1. The molecule has 0 fully saturated rings. The minimum Gasteiger partial charge on any atom is -0.505 e. The third-order valence-corrected chi connectivity index (χ3v) is 4.77. The van der Waals surface area contributed by atoms with Gasteiger partial charge in [0.25, 0.3) is 5.91 Å². The van der Waals surface area contributed by atoms with Crippen LogP contribution in [-0.4, -0.2) is 24.1 Å². The molecule has 0 spiro atoms. The molecule has 24 heavy (non-hydrogen) atoms. The zero-order valence-corrected chi connectivity index (χ0v) is 13.7. The summed E-state index contributed by atoms with van der Waals surface area (Å²) in [6.07, 6.45) is 4.85. The van der Waals surface area contributed by atoms with Crippen LogP contribution in [0.4, 0.5) is 5.69 Å². The monoisotopic (exact) mass is 320 g/mol. The van der Waals surface area contributed by atoms with Crippen LogP contribution in [0.2, 0.25) is 0 Å². The molecule has 0 radical (unpaired) electrons. The Morgan fingerprint density at radius 3 is 3.00 bits per heavy atom. The molecule has 4 rings (SSSR count). The molecule has 2 heterocycles. The number of aromatic hydroxyl groups is 1. The van der Waals surface area contributed by atoms with E-state index in [9.17, 15) is 9.90 Å². The molecule has 2 aliphatic rings. The van der Waals surface area contributed by atoms with Crippen LogP contribution in [0, 0.1) is 6.92 Å². The first-order valence-corrected chi connectivity index (χ1v) is 8.43. The molecule has 0 saturated carbocycles. The number of hydrogen-bond acceptors (Lipinski definition) is 3. The van der Waals surface area contributed by atoms with Gasteiger partial charge in [-0.2, -0.15) is 0 Å². The second-order valence-electron chi connectivity index (χ2n) is 6.47. The number of benzene rings is 2. The van der Waals surface area contributed by atoms with Crippen LogP contribution in [0.25, 0.3) is 6.08 Å². The summed E-state index contributed by atoms with van der Waals surface area (Å²) in [6.45, 7) is 3.40. The van der Waals surface area contributed by atoms with Gasteiger partial charge in [-0.1, -0.05) is 29.8 Å². The van der Waals surface area contributed by atoms with Crippen LogP contribution in [0.5, 0.6) is 5.75 Å². The van der Waals surface area contributed by atoms with Crippen LogP contribution < -0.4 is 15.5 Å². The third kappa shape index (κ3) is 2.39. The van der Waals surface area contributed by atoms with Crippen molar-refractivity contribution in [2.24, 2.45) is 4.99 Å². The van der Waals surface area contributed by atoms with Gasteiger partial charge in [-0.25, -0.2) is 0 Å². The van der Waals surface area contributed by atoms with Gasteiger partial charge in [0.1, 0.15) is 5.36 Å². The fourth-order valence-corrected chi connectivity index (χ4v) is 3.58. The Bertz CT molecular complexity index is 947. The van der Waals surface area contributed by atoms with Gasteiger partial charge in [0, 0.05) is 18.8 Å². The largest absolute Gasteiger partial charge is 0.505 e. The molecule has 4 nitrogen and oxygen atoms in total. The number of fused-ring (bicyclic) bond motifs is 2. The van der Waals surface area contributed by atoms with E-state index in [1.54, 1.807) is 11.0 Å². The quantitative estimate of drug-likeness (QED) is 0.875. The number of phenolic OH excluding ortho intramolecular Hbond substituents is 1. The van der Waals surface area contributed by atoms with Gasteiger partial charge in [0.2, 0.25) is 0 Å². The highest BCUT2D eigenvalue weighted by Gasteiger charge is 2.26. The summed E-state index contributed by atoms with van der Waals surface area (Å²) in [7, 11) is 0. The van der Waals surface area contributed by atoms with E-state index in [0.29, 0.717) is 24.0 Å². The van der Waals surface area contributed by atoms with Gasteiger partial charge >= 0.3 is 0 Å². The van der Waals surface area contributed by atoms with Crippen molar-refractivity contribution >= 4 is 17.7 Å². The van der Waals surface area contributed by atoms with Gasteiger partial charge in [-0.05, 0) is 49.1 Å². The first kappa shape index (κ1) is 14.9. The standard InChI is InChI=1S/C20H20N2O2/c1-13-6-9-17-15(12-13)5-3-11-22(17)20(24)16-8-7-14-4-2-10-21-18(14)19(16)23/h4,6-9,12,23H,2-3,5,10-11H2,1H3. The molecule has 1 amide bonds. The highest BCUT2D eigenvalue weighted by molar-refractivity contribution is 6.08. The van der Waals surface area contributed by atoms with Crippen molar-refractivity contribution < 1.29 is 9.90 Å². The minimum absolute atomic E-state index is 0.00712. The summed E-state index contributed by atoms with van der Waals surface area (Å²) in [6, 6.07) is 9.78. The predicted octanol–water partition coefficient (Wildman–Crippen LogP) is 2.10. The normalized spacial score (nSPS) is 15.8. The molecule has 122 valence electrons. The van der Waals surface area contributed by atoms with E-state index >= 15 is 0 Å². The Hall–Kier alpha value is -2.62. The topological polar surface area (TPSA) is 52.9 Å². The van der Waals surface area contributed by atoms with E-state index in [1.165, 1.54) is 11.1 Å². The number of nitrogens with zero attached hydrogens (tertiary/aromatic N) is 2. The average molecular weight is 320 g/mol. The van der Waals surface area contributed by atoms with Crippen molar-refractivity contribution in [3.63, 3.8) is 0 Å².